The SMILES string of the molecule is C=CCc1ccc(Cl)c(C(=O)OCC)c1O. The molecule has 1 rings (SSSR count). The summed E-state index contributed by atoms with van der Waals surface area (Å²) in [7, 11) is 0. The fourth-order valence-corrected chi connectivity index (χ4v) is 1.56. The van der Waals surface area contributed by atoms with Gasteiger partial charge in [0.25, 0.3) is 0 Å². The Bertz CT molecular complexity index is 413. The van der Waals surface area contributed by atoms with Crippen LogP contribution >= 0.6 is 11.6 Å². The fraction of sp³-hybridized carbons (Fsp3) is 0.250. The first-order valence-corrected chi connectivity index (χ1v) is 5.28. The molecule has 4 heteroatoms. The lowest BCUT2D eigenvalue weighted by molar-refractivity contribution is 0.0523. The second kappa shape index (κ2) is 5.56. The topological polar surface area (TPSA) is 46.5 Å². The predicted octanol–water partition coefficient (Wildman–Crippen LogP) is 2.95. The molecular formula is C12H13ClO3. The summed E-state index contributed by atoms with van der Waals surface area (Å²) in [4.78, 5) is 11.6. The highest BCUT2D eigenvalue weighted by Crippen LogP contribution is 2.30. The molecular weight excluding hydrogens is 228 g/mol. The largest absolute Gasteiger partial charge is 0.507 e. The van der Waals surface area contributed by atoms with Gasteiger partial charge >= 0.3 is 5.97 Å². The van der Waals surface area contributed by atoms with Gasteiger partial charge in [0.05, 0.1) is 11.6 Å². The Morgan fingerprint density at radius 1 is 1.62 bits per heavy atom. The Morgan fingerprint density at radius 2 is 2.31 bits per heavy atom. The first kappa shape index (κ1) is 12.6. The molecule has 1 aromatic rings. The summed E-state index contributed by atoms with van der Waals surface area (Å²) in [5, 5.41) is 10.0. The Kier molecular flexibility index (Phi) is 4.38. The lowest BCUT2D eigenvalue weighted by Gasteiger charge is -2.09. The van der Waals surface area contributed by atoms with Gasteiger partial charge in [-0.2, -0.15) is 0 Å². The second-order valence-electron chi connectivity index (χ2n) is 3.14. The van der Waals surface area contributed by atoms with Gasteiger partial charge in [-0.15, -0.1) is 6.58 Å². The van der Waals surface area contributed by atoms with Crippen molar-refractivity contribution in [2.24, 2.45) is 0 Å². The Hall–Kier alpha value is -1.48. The molecule has 1 aromatic carbocycles. The van der Waals surface area contributed by atoms with Crippen LogP contribution in [-0.4, -0.2) is 17.7 Å². The summed E-state index contributed by atoms with van der Waals surface area (Å²) >= 11 is 5.85. The van der Waals surface area contributed by atoms with Crippen LogP contribution in [0.15, 0.2) is 24.8 Å². The van der Waals surface area contributed by atoms with Crippen molar-refractivity contribution in [1.82, 2.24) is 0 Å². The number of esters is 1. The van der Waals surface area contributed by atoms with E-state index in [1.165, 1.54) is 0 Å². The van der Waals surface area contributed by atoms with Crippen molar-refractivity contribution >= 4 is 17.6 Å². The number of phenolic OH excluding ortho intramolecular Hbond substituents is 1. The molecule has 0 saturated carbocycles. The summed E-state index contributed by atoms with van der Waals surface area (Å²) < 4.78 is 4.81. The van der Waals surface area contributed by atoms with Crippen LogP contribution in [0.1, 0.15) is 22.8 Å². The van der Waals surface area contributed by atoms with Crippen LogP contribution in [0.5, 0.6) is 5.75 Å². The number of rotatable bonds is 4. The molecule has 0 aliphatic carbocycles. The molecule has 0 aliphatic heterocycles. The molecule has 1 N–H and O–H groups in total. The van der Waals surface area contributed by atoms with Crippen LogP contribution < -0.4 is 0 Å². The third-order valence-corrected chi connectivity index (χ3v) is 2.37. The third-order valence-electron chi connectivity index (χ3n) is 2.05. The number of aromatic hydroxyl groups is 1. The van der Waals surface area contributed by atoms with E-state index in [1.807, 2.05) is 0 Å². The van der Waals surface area contributed by atoms with Gasteiger partial charge in [0.2, 0.25) is 0 Å². The Balaban J connectivity index is 3.20. The van der Waals surface area contributed by atoms with Crippen LogP contribution in [0.25, 0.3) is 0 Å². The maximum Gasteiger partial charge on any atom is 0.343 e. The van der Waals surface area contributed by atoms with Crippen molar-refractivity contribution in [3.8, 4) is 5.75 Å². The van der Waals surface area contributed by atoms with Crippen LogP contribution in [0.2, 0.25) is 5.02 Å². The highest BCUT2D eigenvalue weighted by molar-refractivity contribution is 6.34. The normalized spacial score (nSPS) is 9.88. The van der Waals surface area contributed by atoms with Crippen LogP contribution in [0.4, 0.5) is 0 Å². The van der Waals surface area contributed by atoms with E-state index < -0.39 is 5.97 Å². The zero-order valence-corrected chi connectivity index (χ0v) is 9.75. The maximum atomic E-state index is 11.6. The highest BCUT2D eigenvalue weighted by Gasteiger charge is 2.19. The van der Waals surface area contributed by atoms with E-state index in [9.17, 15) is 9.90 Å². The average molecular weight is 241 g/mol. The summed E-state index contributed by atoms with van der Waals surface area (Å²) in [6.07, 6.45) is 2.10. The van der Waals surface area contributed by atoms with Crippen molar-refractivity contribution in [3.05, 3.63) is 40.9 Å². The fourth-order valence-electron chi connectivity index (χ4n) is 1.33. The molecule has 0 radical (unpaired) electrons. The zero-order valence-electron chi connectivity index (χ0n) is 9.00. The van der Waals surface area contributed by atoms with Gasteiger partial charge < -0.3 is 9.84 Å². The van der Waals surface area contributed by atoms with Gasteiger partial charge in [-0.05, 0) is 25.0 Å². The molecule has 0 aromatic heterocycles. The van der Waals surface area contributed by atoms with E-state index >= 15 is 0 Å². The van der Waals surface area contributed by atoms with E-state index in [0.29, 0.717) is 12.0 Å². The van der Waals surface area contributed by atoms with Crippen molar-refractivity contribution in [2.45, 2.75) is 13.3 Å². The van der Waals surface area contributed by atoms with Crippen LogP contribution in [-0.2, 0) is 11.2 Å². The minimum Gasteiger partial charge on any atom is -0.507 e. The summed E-state index contributed by atoms with van der Waals surface area (Å²) in [5.41, 5.74) is 0.616. The molecule has 0 amide bonds. The van der Waals surface area contributed by atoms with Crippen LogP contribution in [0.3, 0.4) is 0 Å². The minimum absolute atomic E-state index is 0.0165. The van der Waals surface area contributed by atoms with E-state index in [4.69, 9.17) is 16.3 Å². The number of benzene rings is 1. The summed E-state index contributed by atoms with van der Waals surface area (Å²) in [6, 6.07) is 3.22. The number of halogens is 1. The molecule has 0 unspecified atom stereocenters. The second-order valence-corrected chi connectivity index (χ2v) is 3.55. The number of hydrogen-bond donors (Lipinski definition) is 1. The molecule has 0 spiro atoms. The standard InChI is InChI=1S/C12H13ClO3/c1-3-5-8-6-7-9(13)10(11(8)14)12(15)16-4-2/h3,6-7,14H,1,4-5H2,2H3. The first-order valence-electron chi connectivity index (χ1n) is 4.90. The number of carbonyl (C=O) groups is 1. The molecule has 0 fully saturated rings. The molecule has 16 heavy (non-hydrogen) atoms. The van der Waals surface area contributed by atoms with Gasteiger partial charge in [0, 0.05) is 0 Å². The lowest BCUT2D eigenvalue weighted by Crippen LogP contribution is -2.06. The van der Waals surface area contributed by atoms with Gasteiger partial charge in [-0.25, -0.2) is 4.79 Å². The first-order chi connectivity index (χ1) is 7.61. The van der Waals surface area contributed by atoms with E-state index in [0.717, 1.165) is 0 Å². The lowest BCUT2D eigenvalue weighted by atomic mass is 10.1. The minimum atomic E-state index is -0.615. The van der Waals surface area contributed by atoms with Gasteiger partial charge in [0.15, 0.2) is 0 Å². The molecule has 3 nitrogen and oxygen atoms in total. The van der Waals surface area contributed by atoms with Gasteiger partial charge in [0.1, 0.15) is 11.3 Å². The number of hydrogen-bond acceptors (Lipinski definition) is 3. The van der Waals surface area contributed by atoms with E-state index in [-0.39, 0.29) is 22.9 Å². The molecule has 0 atom stereocenters. The third kappa shape index (κ3) is 2.55. The average Bonchev–Trinajstić information content (AvgIpc) is 2.23. The van der Waals surface area contributed by atoms with Crippen molar-refractivity contribution in [1.29, 1.82) is 0 Å². The number of ether oxygens (including phenoxy) is 1. The predicted molar refractivity (Wildman–Crippen MR) is 63.0 cm³/mol. The summed E-state index contributed by atoms with van der Waals surface area (Å²) in [5.74, 6) is -0.748. The smallest absolute Gasteiger partial charge is 0.343 e. The molecule has 0 heterocycles. The van der Waals surface area contributed by atoms with Crippen molar-refractivity contribution in [3.63, 3.8) is 0 Å². The zero-order chi connectivity index (χ0) is 12.1. The number of phenols is 1. The van der Waals surface area contributed by atoms with Crippen LogP contribution in [0, 0.1) is 0 Å². The monoisotopic (exact) mass is 240 g/mol. The van der Waals surface area contributed by atoms with E-state index in [1.54, 1.807) is 25.1 Å². The van der Waals surface area contributed by atoms with E-state index in [2.05, 4.69) is 6.58 Å². The van der Waals surface area contributed by atoms with Gasteiger partial charge in [-0.1, -0.05) is 23.7 Å². The maximum absolute atomic E-state index is 11.6. The molecule has 86 valence electrons. The number of carbonyl (C=O) groups excluding carboxylic acids is 1. The Labute approximate surface area is 99.3 Å². The molecule has 0 bridgehead atoms. The van der Waals surface area contributed by atoms with Crippen molar-refractivity contribution < 1.29 is 14.6 Å². The van der Waals surface area contributed by atoms with Crippen molar-refractivity contribution in [2.75, 3.05) is 6.61 Å². The Morgan fingerprint density at radius 3 is 2.88 bits per heavy atom. The van der Waals surface area contributed by atoms with Gasteiger partial charge in [-0.3, -0.25) is 0 Å². The number of allylic oxidation sites excluding steroid dienone is 1. The quantitative estimate of drug-likeness (QED) is 0.650. The highest BCUT2D eigenvalue weighted by atomic mass is 35.5. The molecule has 0 aliphatic rings. The summed E-state index contributed by atoms with van der Waals surface area (Å²) in [6.45, 7) is 5.50. The molecule has 0 saturated heterocycles.